The minimum atomic E-state index is -1.17. The van der Waals surface area contributed by atoms with E-state index < -0.39 is 58.2 Å². The van der Waals surface area contributed by atoms with Gasteiger partial charge < -0.3 is 98.6 Å². The van der Waals surface area contributed by atoms with E-state index in [2.05, 4.69) is 176 Å². The number of carboxylic acid groups (broad SMARTS) is 1. The number of ether oxygens (including phenoxy) is 4. The lowest BCUT2D eigenvalue weighted by Gasteiger charge is -2.35. The van der Waals surface area contributed by atoms with Crippen LogP contribution < -0.4 is 32.0 Å². The van der Waals surface area contributed by atoms with Crippen LogP contribution >= 0.6 is 58.6 Å². The molecular weight excluding hydrogens is 2000 g/mol. The lowest BCUT2D eigenvalue weighted by atomic mass is 9.78. The molecule has 17 rings (SSSR count). The molecule has 12 aromatic rings. The fraction of sp³-hybridized carbons (Fsp3) is 0.510. The van der Waals surface area contributed by atoms with E-state index in [9.17, 15) is 19.2 Å². The number of amides is 3. The van der Waals surface area contributed by atoms with E-state index in [4.69, 9.17) is 71.7 Å². The van der Waals surface area contributed by atoms with Crippen molar-refractivity contribution >= 4 is 178 Å². The molecule has 0 bridgehead atoms. The number of hydrogen-bond acceptors (Lipinski definition) is 32. The van der Waals surface area contributed by atoms with Crippen molar-refractivity contribution in [3.63, 3.8) is 0 Å². The Kier molecular flexibility index (Phi) is 41.1. The number of fused-ring (bicyclic) bond motifs is 4. The molecule has 0 radical (unpaired) electrons. The normalized spacial score (nSPS) is 17.2. The summed E-state index contributed by atoms with van der Waals surface area (Å²) in [5.74, 6) is -1.17. The number of rotatable bonds is 28. The van der Waals surface area contributed by atoms with Crippen molar-refractivity contribution in [2.24, 2.45) is 0 Å². The van der Waals surface area contributed by atoms with Crippen LogP contribution in [0.3, 0.4) is 0 Å². The van der Waals surface area contributed by atoms with Crippen molar-refractivity contribution in [2.75, 3.05) is 118 Å². The van der Waals surface area contributed by atoms with Gasteiger partial charge in [-0.25, -0.2) is 80.8 Å². The Morgan fingerprint density at radius 3 is 1.33 bits per heavy atom. The highest BCUT2D eigenvalue weighted by Gasteiger charge is 2.53. The van der Waals surface area contributed by atoms with Gasteiger partial charge in [-0.1, -0.05) is 97.9 Å². The predicted molar refractivity (Wildman–Crippen MR) is 594 cm³/mol. The smallest absolute Gasteiger partial charge is 0.476 e. The molecule has 4 atom stereocenters. The van der Waals surface area contributed by atoms with Crippen molar-refractivity contribution in [2.45, 2.75) is 259 Å². The van der Waals surface area contributed by atoms with Gasteiger partial charge in [0.2, 0.25) is 5.91 Å². The minimum absolute atomic E-state index is 0.0457. The number of aromatic amines is 2. The Morgan fingerprint density at radius 2 is 0.939 bits per heavy atom. The molecule has 5 saturated heterocycles. The number of carbonyl (C=O) groups excluding carboxylic acids is 3. The van der Waals surface area contributed by atoms with Gasteiger partial charge in [-0.15, -0.1) is 0 Å². The molecule has 3 amide bonds. The average Bonchev–Trinajstić information content (AvgIpc) is 1.60. The van der Waals surface area contributed by atoms with Crippen molar-refractivity contribution < 1.29 is 52.5 Å². The lowest BCUT2D eigenvalue weighted by molar-refractivity contribution is -0.134. The largest absolute Gasteiger partial charge is 0.498 e. The Hall–Kier alpha value is -11.3. The molecule has 17 heterocycles. The zero-order valence-corrected chi connectivity index (χ0v) is 94.0. The fourth-order valence-corrected chi connectivity index (χ4v) is 19.8. The number of aliphatic carboxylic acids is 1. The Balaban J connectivity index is 0.000000168. The molecule has 0 unspecified atom stereocenters. The highest BCUT2D eigenvalue weighted by Crippen LogP contribution is 2.42. The summed E-state index contributed by atoms with van der Waals surface area (Å²) in [5.41, 5.74) is 11.5. The number of carboxylic acids is 1. The van der Waals surface area contributed by atoms with Crippen LogP contribution in [-0.2, 0) is 51.3 Å². The molecule has 8 N–H and O–H groups in total. The average molecular weight is 2140 g/mol. The zero-order chi connectivity index (χ0) is 106. The third-order valence-electron chi connectivity index (χ3n) is 24.9. The van der Waals surface area contributed by atoms with Crippen LogP contribution in [0.2, 0.25) is 56.5 Å². The van der Waals surface area contributed by atoms with Gasteiger partial charge in [-0.2, -0.15) is 5.26 Å². The summed E-state index contributed by atoms with van der Waals surface area (Å²) in [6.45, 7) is 47.6. The van der Waals surface area contributed by atoms with Crippen LogP contribution in [0, 0.1) is 17.9 Å². The van der Waals surface area contributed by atoms with Gasteiger partial charge in [0.1, 0.15) is 58.8 Å². The molecule has 786 valence electrons. The number of carbonyl (C=O) groups is 4. The molecule has 0 aromatic carbocycles. The number of nitriles is 1. The number of likely N-dealkylation sites (tertiary alicyclic amines) is 3. The number of nitrogens with one attached hydrogen (secondary N) is 7. The molecule has 5 fully saturated rings. The topological polar surface area (TPSA) is 438 Å². The molecule has 5 aliphatic heterocycles. The quantitative estimate of drug-likeness (QED) is 0.00564. The first-order valence-corrected chi connectivity index (χ1v) is 62.2. The number of halogens is 1. The number of aromatic nitrogens is 16. The molecule has 12 aromatic heterocycles. The molecule has 37 nitrogen and oxygen atoms in total. The summed E-state index contributed by atoms with van der Waals surface area (Å²) in [6, 6.07) is 20.4. The lowest BCUT2D eigenvalue weighted by Crippen LogP contribution is -2.48. The first-order chi connectivity index (χ1) is 70.0. The Morgan fingerprint density at radius 1 is 0.544 bits per heavy atom. The third-order valence-corrected chi connectivity index (χ3v) is 30.7. The van der Waals surface area contributed by atoms with E-state index in [-0.39, 0.29) is 42.6 Å². The van der Waals surface area contributed by atoms with Gasteiger partial charge in [0, 0.05) is 223 Å². The molecular formula is C102H140BClN26O11S4Si2. The SMILES string of the molecule is CC(C)(C)OC(=O)N1CCC[C@@H](Nc2c(B3OC(C)(C)C(C)(C)O3)cnc3c2ccn3COCC[Si](C)(C)C)C1.CSc1nccc(-c2cnc3[nH]ccc3c2N[C@@H]2CCCN(C(=O)CC#N)C2)n1.CSc1nccc(-c2cnc3[nH]ccc3c2N[C@@H]2CCCNC2)n1.CSc1nccc(-c2cnc3c(ccn3COCC[Si](C)(C)C)c2N[C@@H]2CCCN(C(=O)OC(C)(C)C)C2)n1.CSc1nccc(Cl)n1.[C-]#[N+]CC(=O)O. The van der Waals surface area contributed by atoms with E-state index in [1.54, 1.807) is 57.3 Å². The maximum absolute atomic E-state index is 12.8. The fourth-order valence-electron chi connectivity index (χ4n) is 16.7. The number of thioether (sulfide) groups is 4. The Bertz CT molecular complexity index is 6500. The molecule has 147 heavy (non-hydrogen) atoms. The predicted octanol–water partition coefficient (Wildman–Crippen LogP) is 19.6. The van der Waals surface area contributed by atoms with Crippen LogP contribution in [0.15, 0.2) is 144 Å². The summed E-state index contributed by atoms with van der Waals surface area (Å²) < 4.78 is 40.4. The summed E-state index contributed by atoms with van der Waals surface area (Å²) in [6.07, 6.45) is 37.4. The van der Waals surface area contributed by atoms with Crippen molar-refractivity contribution in [3.8, 4) is 39.8 Å². The van der Waals surface area contributed by atoms with Gasteiger partial charge in [0.15, 0.2) is 20.6 Å². The van der Waals surface area contributed by atoms with Crippen LogP contribution in [0.5, 0.6) is 0 Å². The van der Waals surface area contributed by atoms with E-state index in [1.165, 1.54) is 48.1 Å². The molecule has 0 spiro atoms. The van der Waals surface area contributed by atoms with Crippen molar-refractivity contribution in [1.29, 1.82) is 5.26 Å². The molecule has 5 aliphatic rings. The number of H-pyrrole nitrogens is 2. The summed E-state index contributed by atoms with van der Waals surface area (Å²) in [7, 11) is -2.89. The highest BCUT2D eigenvalue weighted by molar-refractivity contribution is 7.99. The maximum atomic E-state index is 12.8. The molecule has 0 saturated carbocycles. The first kappa shape index (κ1) is 114. The van der Waals surface area contributed by atoms with Crippen molar-refractivity contribution in [1.82, 2.24) is 98.9 Å². The van der Waals surface area contributed by atoms with E-state index in [0.29, 0.717) is 79.4 Å². The minimum Gasteiger partial charge on any atom is -0.476 e. The van der Waals surface area contributed by atoms with Gasteiger partial charge in [0.25, 0.3) is 0 Å². The van der Waals surface area contributed by atoms with E-state index in [1.807, 2.05) is 151 Å². The maximum Gasteiger partial charge on any atom is 0.498 e. The Labute approximate surface area is 885 Å². The van der Waals surface area contributed by atoms with Gasteiger partial charge in [-0.05, 0) is 213 Å². The van der Waals surface area contributed by atoms with E-state index in [0.717, 1.165) is 188 Å². The zero-order valence-electron chi connectivity index (χ0n) is 87.9. The molecule has 45 heteroatoms. The van der Waals surface area contributed by atoms with Crippen LogP contribution in [-0.4, -0.2) is 290 Å². The van der Waals surface area contributed by atoms with Crippen LogP contribution in [0.1, 0.15) is 127 Å². The molecule has 0 aliphatic carbocycles. The monoisotopic (exact) mass is 2130 g/mol. The van der Waals surface area contributed by atoms with Crippen LogP contribution in [0.4, 0.5) is 32.3 Å². The van der Waals surface area contributed by atoms with Crippen molar-refractivity contribution in [3.05, 3.63) is 139 Å². The van der Waals surface area contributed by atoms with Gasteiger partial charge >= 0.3 is 31.8 Å². The highest BCUT2D eigenvalue weighted by atomic mass is 35.5. The second-order valence-electron chi connectivity index (χ2n) is 41.6. The second-order valence-corrected chi connectivity index (χ2v) is 56.3. The van der Waals surface area contributed by atoms with E-state index >= 15 is 0 Å². The number of pyridine rings is 4. The summed E-state index contributed by atoms with van der Waals surface area (Å²) in [5, 5.41) is 42.3. The number of nitrogens with zero attached hydrogens (tertiary/aromatic N) is 19. The van der Waals surface area contributed by atoms with Crippen LogP contribution in [0.25, 0.3) is 82.8 Å². The van der Waals surface area contributed by atoms with Gasteiger partial charge in [-0.3, -0.25) is 4.79 Å². The number of piperidine rings is 4. The number of hydrogen-bond donors (Lipinski definition) is 8. The second kappa shape index (κ2) is 52.7. The summed E-state index contributed by atoms with van der Waals surface area (Å²) >= 11 is 11.6. The van der Waals surface area contributed by atoms with Gasteiger partial charge in [0.05, 0.1) is 51.4 Å². The third kappa shape index (κ3) is 33.1. The standard InChI is InChI=1S/C29H49BN4O5Si.C28H42N6O3SSi.C20H21N7OS.C17H20N6S.C5H5ClN2S.C3H3NO2/c1-27(2,3)37-26(35)33-14-11-12-21(19-33)32-24-22-13-15-34(20-36-16-17-40(8,9)10)25(22)31-18-23(24)30-38-28(4,5)29(6,7)39-30;1-28(2,3)37-27(35)33-13-8-9-20(18-33)31-24-21-11-14-34(19-36-15-16-39(5,6)7)25(21)30-17-22(24)23-10-12-29-26(32-23)38-4;1-29-20-23-9-6-16(26-20)15-11-24-19-14(5-8-22-19)18(15)25-13-3-2-10-27(12-13)17(28)4-7-21;1-24-17-20-8-5-14(23-17)13-10-21-16-12(4-7-19-16)15(13)22-11-3-2-6-18-9-11;1-9-5-7-3-2-4(6)8-5;1-4-2-3(5)6/h13,15,18,21H,11-12,14,16-17,19-20H2,1-10H3,(H,31,32);10-12,14,17,20H,8-9,13,15-16,18-19H2,1-7H3,(H,30,31);5-6,8-9,11,13H,2-4,10,12H2,1H3,(H2,22,24,25);4-5,7-8,10-11,18H,2-3,6,9H2,1H3,(H2,19,21,22);2-3H,1H3;2H2,(H,5,6)/t21-;20-;13-;11-;;/m1111../s1. The summed E-state index contributed by atoms with van der Waals surface area (Å²) in [4.78, 5) is 115. The first-order valence-electron chi connectivity index (χ1n) is 49.5. The number of anilines is 4.